The molecule has 2 aromatic rings. The molecule has 1 N–H and O–H groups in total. The first-order chi connectivity index (χ1) is 8.53. The number of alkyl halides is 3. The van der Waals surface area contributed by atoms with Crippen LogP contribution in [0.2, 0.25) is 0 Å². The summed E-state index contributed by atoms with van der Waals surface area (Å²) in [6, 6.07) is 7.34. The van der Waals surface area contributed by atoms with Gasteiger partial charge in [-0.1, -0.05) is 0 Å². The van der Waals surface area contributed by atoms with E-state index >= 15 is 0 Å². The average molecular weight is 257 g/mol. The second-order valence-corrected chi connectivity index (χ2v) is 3.56. The number of anilines is 1. The van der Waals surface area contributed by atoms with Crippen molar-refractivity contribution in [2.75, 3.05) is 5.32 Å². The first-order valence-corrected chi connectivity index (χ1v) is 5.14. The number of rotatable bonds is 4. The lowest BCUT2D eigenvalue weighted by molar-refractivity contribution is -0.274. The van der Waals surface area contributed by atoms with Crippen molar-refractivity contribution in [1.29, 1.82) is 0 Å². The zero-order chi connectivity index (χ0) is 13.0. The predicted molar refractivity (Wildman–Crippen MR) is 59.2 cm³/mol. The van der Waals surface area contributed by atoms with E-state index in [0.29, 0.717) is 12.2 Å². The summed E-state index contributed by atoms with van der Waals surface area (Å²) < 4.78 is 44.4. The maximum atomic E-state index is 11.9. The molecule has 0 aliphatic heterocycles. The van der Waals surface area contributed by atoms with E-state index in [4.69, 9.17) is 4.42 Å². The van der Waals surface area contributed by atoms with Crippen LogP contribution in [0.1, 0.15) is 5.56 Å². The molecule has 18 heavy (non-hydrogen) atoms. The Hall–Kier alpha value is -2.11. The lowest BCUT2D eigenvalue weighted by Crippen LogP contribution is -2.17. The van der Waals surface area contributed by atoms with Gasteiger partial charge in [0.25, 0.3) is 0 Å². The Labute approximate surface area is 101 Å². The molecule has 3 nitrogen and oxygen atoms in total. The van der Waals surface area contributed by atoms with Gasteiger partial charge in [0.15, 0.2) is 0 Å². The maximum Gasteiger partial charge on any atom is 0.573 e. The van der Waals surface area contributed by atoms with Crippen LogP contribution in [-0.4, -0.2) is 6.36 Å². The number of hydrogen-bond donors (Lipinski definition) is 1. The van der Waals surface area contributed by atoms with Crippen molar-refractivity contribution in [2.24, 2.45) is 0 Å². The second kappa shape index (κ2) is 5.03. The molecule has 0 aliphatic carbocycles. The molecule has 0 fully saturated rings. The molecule has 0 radical (unpaired) electrons. The van der Waals surface area contributed by atoms with Crippen molar-refractivity contribution >= 4 is 5.69 Å². The van der Waals surface area contributed by atoms with Crippen molar-refractivity contribution in [1.82, 2.24) is 0 Å². The number of furan rings is 1. The minimum absolute atomic E-state index is 0.239. The van der Waals surface area contributed by atoms with Crippen molar-refractivity contribution in [3.05, 3.63) is 48.4 Å². The highest BCUT2D eigenvalue weighted by Gasteiger charge is 2.30. The molecule has 6 heteroatoms. The van der Waals surface area contributed by atoms with Crippen LogP contribution >= 0.6 is 0 Å². The highest BCUT2D eigenvalue weighted by atomic mass is 19.4. The lowest BCUT2D eigenvalue weighted by atomic mass is 10.3. The quantitative estimate of drug-likeness (QED) is 0.904. The molecule has 0 saturated carbocycles. The molecule has 96 valence electrons. The van der Waals surface area contributed by atoms with Crippen LogP contribution in [0.15, 0.2) is 47.3 Å². The van der Waals surface area contributed by atoms with E-state index in [9.17, 15) is 13.2 Å². The van der Waals surface area contributed by atoms with E-state index < -0.39 is 6.36 Å². The van der Waals surface area contributed by atoms with Crippen molar-refractivity contribution in [3.63, 3.8) is 0 Å². The summed E-state index contributed by atoms with van der Waals surface area (Å²) in [4.78, 5) is 0. The van der Waals surface area contributed by atoms with Crippen LogP contribution in [0.4, 0.5) is 18.9 Å². The summed E-state index contributed by atoms with van der Waals surface area (Å²) in [7, 11) is 0. The highest BCUT2D eigenvalue weighted by molar-refractivity contribution is 5.46. The van der Waals surface area contributed by atoms with Crippen LogP contribution in [0, 0.1) is 0 Å². The Kier molecular flexibility index (Phi) is 3.45. The minimum Gasteiger partial charge on any atom is -0.472 e. The predicted octanol–water partition coefficient (Wildman–Crippen LogP) is 3.79. The molecule has 0 atom stereocenters. The normalized spacial score (nSPS) is 11.3. The van der Waals surface area contributed by atoms with Crippen LogP contribution in [0.5, 0.6) is 5.75 Å². The van der Waals surface area contributed by atoms with E-state index in [1.54, 1.807) is 18.6 Å². The topological polar surface area (TPSA) is 34.4 Å². The van der Waals surface area contributed by atoms with E-state index in [-0.39, 0.29) is 5.75 Å². The monoisotopic (exact) mass is 257 g/mol. The number of halogens is 3. The zero-order valence-electron chi connectivity index (χ0n) is 9.20. The molecule has 0 amide bonds. The second-order valence-electron chi connectivity index (χ2n) is 3.56. The van der Waals surface area contributed by atoms with Gasteiger partial charge in [-0.2, -0.15) is 0 Å². The summed E-state index contributed by atoms with van der Waals surface area (Å²) in [5.74, 6) is -0.239. The number of hydrogen-bond acceptors (Lipinski definition) is 3. The summed E-state index contributed by atoms with van der Waals surface area (Å²) in [5.41, 5.74) is 1.65. The number of benzene rings is 1. The van der Waals surface area contributed by atoms with Crippen LogP contribution in [0.3, 0.4) is 0 Å². The van der Waals surface area contributed by atoms with Gasteiger partial charge in [0.2, 0.25) is 0 Å². The van der Waals surface area contributed by atoms with Crippen LogP contribution < -0.4 is 10.1 Å². The molecule has 0 aliphatic rings. The van der Waals surface area contributed by atoms with Gasteiger partial charge in [-0.3, -0.25) is 0 Å². The van der Waals surface area contributed by atoms with Gasteiger partial charge in [-0.15, -0.1) is 13.2 Å². The third kappa shape index (κ3) is 3.73. The van der Waals surface area contributed by atoms with Gasteiger partial charge >= 0.3 is 6.36 Å². The van der Waals surface area contributed by atoms with Gasteiger partial charge < -0.3 is 14.5 Å². The Morgan fingerprint density at radius 2 is 1.83 bits per heavy atom. The molecule has 2 rings (SSSR count). The Morgan fingerprint density at radius 1 is 1.11 bits per heavy atom. The Morgan fingerprint density at radius 3 is 2.39 bits per heavy atom. The maximum absolute atomic E-state index is 11.9. The van der Waals surface area contributed by atoms with E-state index in [0.717, 1.165) is 5.56 Å². The average Bonchev–Trinajstić information content (AvgIpc) is 2.79. The van der Waals surface area contributed by atoms with Crippen LogP contribution in [0.25, 0.3) is 0 Å². The molecular weight excluding hydrogens is 247 g/mol. The van der Waals surface area contributed by atoms with Gasteiger partial charge in [-0.05, 0) is 30.3 Å². The van der Waals surface area contributed by atoms with Gasteiger partial charge in [0.05, 0.1) is 12.5 Å². The standard InChI is InChI=1S/C12H10F3NO2/c13-12(14,15)18-11-3-1-10(2-4-11)16-7-9-5-6-17-8-9/h1-6,8,16H,7H2. The lowest BCUT2D eigenvalue weighted by Gasteiger charge is -2.10. The summed E-state index contributed by atoms with van der Waals surface area (Å²) in [5, 5.41) is 3.04. The SMILES string of the molecule is FC(F)(F)Oc1ccc(NCc2ccoc2)cc1. The van der Waals surface area contributed by atoms with E-state index in [1.165, 1.54) is 24.3 Å². The first kappa shape index (κ1) is 12.3. The van der Waals surface area contributed by atoms with E-state index in [2.05, 4.69) is 10.1 Å². The highest BCUT2D eigenvalue weighted by Crippen LogP contribution is 2.24. The fourth-order valence-electron chi connectivity index (χ4n) is 1.37. The molecule has 0 spiro atoms. The third-order valence-corrected chi connectivity index (χ3v) is 2.16. The number of nitrogens with one attached hydrogen (secondary N) is 1. The third-order valence-electron chi connectivity index (χ3n) is 2.16. The molecule has 1 aromatic heterocycles. The number of ether oxygens (including phenoxy) is 1. The molecule has 0 unspecified atom stereocenters. The van der Waals surface area contributed by atoms with Crippen molar-refractivity contribution < 1.29 is 22.3 Å². The molecule has 1 aromatic carbocycles. The van der Waals surface area contributed by atoms with E-state index in [1.807, 2.05) is 0 Å². The fraction of sp³-hybridized carbons (Fsp3) is 0.167. The first-order valence-electron chi connectivity index (χ1n) is 5.14. The molecular formula is C12H10F3NO2. The van der Waals surface area contributed by atoms with Gasteiger partial charge in [0, 0.05) is 17.8 Å². The molecule has 0 saturated heterocycles. The summed E-state index contributed by atoms with van der Waals surface area (Å²) >= 11 is 0. The Balaban J connectivity index is 1.91. The van der Waals surface area contributed by atoms with Crippen molar-refractivity contribution in [2.45, 2.75) is 12.9 Å². The minimum atomic E-state index is -4.66. The Bertz CT molecular complexity index is 477. The van der Waals surface area contributed by atoms with Crippen LogP contribution in [-0.2, 0) is 6.54 Å². The molecule has 0 bridgehead atoms. The smallest absolute Gasteiger partial charge is 0.472 e. The fourth-order valence-corrected chi connectivity index (χ4v) is 1.37. The summed E-state index contributed by atoms with van der Waals surface area (Å²) in [6.45, 7) is 0.538. The van der Waals surface area contributed by atoms with Gasteiger partial charge in [-0.25, -0.2) is 0 Å². The van der Waals surface area contributed by atoms with Crippen molar-refractivity contribution in [3.8, 4) is 5.75 Å². The zero-order valence-corrected chi connectivity index (χ0v) is 9.20. The largest absolute Gasteiger partial charge is 0.573 e. The molecule has 1 heterocycles. The summed E-state index contributed by atoms with van der Waals surface area (Å²) in [6.07, 6.45) is -1.52. The van der Waals surface area contributed by atoms with Gasteiger partial charge in [0.1, 0.15) is 5.75 Å².